The van der Waals surface area contributed by atoms with E-state index in [-0.39, 0.29) is 0 Å². The molecular formula is C8H14N2OS. The molecule has 0 saturated carbocycles. The molecule has 0 radical (unpaired) electrons. The van der Waals surface area contributed by atoms with E-state index in [2.05, 4.69) is 17.7 Å². The third-order valence-corrected chi connectivity index (χ3v) is 1.91. The minimum atomic E-state index is -0.724. The molecule has 1 rings (SSSR count). The van der Waals surface area contributed by atoms with E-state index in [1.54, 1.807) is 18.5 Å². The summed E-state index contributed by atoms with van der Waals surface area (Å²) in [4.78, 5) is 0.860. The average Bonchev–Trinajstić information content (AvgIpc) is 2.07. The van der Waals surface area contributed by atoms with Crippen LogP contribution in [-0.2, 0) is 6.54 Å². The zero-order chi connectivity index (χ0) is 9.35. The molecule has 0 amide bonds. The summed E-state index contributed by atoms with van der Waals surface area (Å²) in [6.07, 6.45) is 1.82. The molecule has 3 nitrogen and oxygen atoms in total. The topological polar surface area (TPSA) is 38.0 Å². The van der Waals surface area contributed by atoms with Crippen molar-refractivity contribution in [2.75, 3.05) is 0 Å². The van der Waals surface area contributed by atoms with Crippen molar-refractivity contribution in [1.82, 2.24) is 9.78 Å². The number of nitrogens with zero attached hydrogens (tertiary/aromatic N) is 2. The molecule has 1 aromatic rings. The second kappa shape index (κ2) is 3.11. The van der Waals surface area contributed by atoms with Crippen LogP contribution in [-0.4, -0.2) is 20.5 Å². The standard InChI is InChI=1S/C8H14N2OS/c1-6-7(12)4-10(9-6)5-8(2,3)11/h4,11-12H,5H2,1-3H3. The Kier molecular flexibility index (Phi) is 2.49. The second-order valence-electron chi connectivity index (χ2n) is 3.61. The molecule has 0 atom stereocenters. The number of hydrogen-bond donors (Lipinski definition) is 2. The molecule has 0 aliphatic carbocycles. The van der Waals surface area contributed by atoms with Crippen LogP contribution in [0, 0.1) is 6.92 Å². The maximum absolute atomic E-state index is 9.49. The minimum Gasteiger partial charge on any atom is -0.389 e. The summed E-state index contributed by atoms with van der Waals surface area (Å²) in [6.45, 7) is 5.89. The van der Waals surface area contributed by atoms with E-state index in [0.29, 0.717) is 6.54 Å². The molecule has 0 bridgehead atoms. The van der Waals surface area contributed by atoms with Gasteiger partial charge in [0.1, 0.15) is 0 Å². The van der Waals surface area contributed by atoms with Crippen molar-refractivity contribution in [3.63, 3.8) is 0 Å². The Bertz CT molecular complexity index is 256. The van der Waals surface area contributed by atoms with Crippen LogP contribution in [0.15, 0.2) is 11.1 Å². The van der Waals surface area contributed by atoms with E-state index in [0.717, 1.165) is 10.6 Å². The summed E-state index contributed by atoms with van der Waals surface area (Å²) in [5, 5.41) is 13.7. The molecule has 0 unspecified atom stereocenters. The van der Waals surface area contributed by atoms with E-state index >= 15 is 0 Å². The van der Waals surface area contributed by atoms with Gasteiger partial charge in [-0.15, -0.1) is 12.6 Å². The van der Waals surface area contributed by atoms with Gasteiger partial charge in [-0.1, -0.05) is 0 Å². The Labute approximate surface area is 77.8 Å². The van der Waals surface area contributed by atoms with Crippen molar-refractivity contribution in [3.8, 4) is 0 Å². The van der Waals surface area contributed by atoms with Crippen LogP contribution in [0.5, 0.6) is 0 Å². The number of aryl methyl sites for hydroxylation is 1. The van der Waals surface area contributed by atoms with Gasteiger partial charge < -0.3 is 5.11 Å². The van der Waals surface area contributed by atoms with Crippen molar-refractivity contribution < 1.29 is 5.11 Å². The Morgan fingerprint density at radius 2 is 2.25 bits per heavy atom. The highest BCUT2D eigenvalue weighted by molar-refractivity contribution is 7.80. The van der Waals surface area contributed by atoms with Gasteiger partial charge in [-0.2, -0.15) is 5.10 Å². The van der Waals surface area contributed by atoms with Gasteiger partial charge in [0, 0.05) is 11.1 Å². The van der Waals surface area contributed by atoms with Gasteiger partial charge in [-0.25, -0.2) is 0 Å². The largest absolute Gasteiger partial charge is 0.389 e. The molecule has 0 spiro atoms. The van der Waals surface area contributed by atoms with Gasteiger partial charge in [0.05, 0.1) is 17.8 Å². The minimum absolute atomic E-state index is 0.494. The molecule has 0 aliphatic heterocycles. The van der Waals surface area contributed by atoms with Crippen LogP contribution in [0.1, 0.15) is 19.5 Å². The summed E-state index contributed by atoms with van der Waals surface area (Å²) in [5.74, 6) is 0. The van der Waals surface area contributed by atoms with Crippen LogP contribution in [0.2, 0.25) is 0 Å². The fourth-order valence-corrected chi connectivity index (χ4v) is 1.16. The molecular weight excluding hydrogens is 172 g/mol. The zero-order valence-electron chi connectivity index (χ0n) is 7.57. The van der Waals surface area contributed by atoms with Crippen LogP contribution >= 0.6 is 12.6 Å². The van der Waals surface area contributed by atoms with Crippen molar-refractivity contribution >= 4 is 12.6 Å². The van der Waals surface area contributed by atoms with Gasteiger partial charge in [0.25, 0.3) is 0 Å². The lowest BCUT2D eigenvalue weighted by atomic mass is 10.1. The molecule has 0 saturated heterocycles. The van der Waals surface area contributed by atoms with Crippen LogP contribution < -0.4 is 0 Å². The number of hydrogen-bond acceptors (Lipinski definition) is 3. The SMILES string of the molecule is Cc1nn(CC(C)(C)O)cc1S. The molecule has 4 heteroatoms. The highest BCUT2D eigenvalue weighted by Crippen LogP contribution is 2.12. The number of thiol groups is 1. The molecule has 68 valence electrons. The van der Waals surface area contributed by atoms with E-state index in [1.807, 2.05) is 13.1 Å². The van der Waals surface area contributed by atoms with Gasteiger partial charge in [0.15, 0.2) is 0 Å². The van der Waals surface area contributed by atoms with Crippen LogP contribution in [0.25, 0.3) is 0 Å². The van der Waals surface area contributed by atoms with Gasteiger partial charge in [-0.3, -0.25) is 4.68 Å². The number of rotatable bonds is 2. The molecule has 0 aromatic carbocycles. The van der Waals surface area contributed by atoms with E-state index in [4.69, 9.17) is 0 Å². The maximum atomic E-state index is 9.49. The van der Waals surface area contributed by atoms with E-state index < -0.39 is 5.60 Å². The molecule has 1 heterocycles. The predicted molar refractivity (Wildman–Crippen MR) is 50.5 cm³/mol. The Hall–Kier alpha value is -0.480. The highest BCUT2D eigenvalue weighted by Gasteiger charge is 2.14. The quantitative estimate of drug-likeness (QED) is 0.682. The van der Waals surface area contributed by atoms with Crippen LogP contribution in [0.3, 0.4) is 0 Å². The van der Waals surface area contributed by atoms with E-state index in [1.165, 1.54) is 0 Å². The lowest BCUT2D eigenvalue weighted by Gasteiger charge is -2.16. The average molecular weight is 186 g/mol. The third kappa shape index (κ3) is 2.53. The summed E-state index contributed by atoms with van der Waals surface area (Å²) in [6, 6.07) is 0. The monoisotopic (exact) mass is 186 g/mol. The normalized spacial score (nSPS) is 12.1. The smallest absolute Gasteiger partial charge is 0.0786 e. The first-order valence-electron chi connectivity index (χ1n) is 3.84. The first kappa shape index (κ1) is 9.61. The lowest BCUT2D eigenvalue weighted by molar-refractivity contribution is 0.0576. The highest BCUT2D eigenvalue weighted by atomic mass is 32.1. The van der Waals surface area contributed by atoms with Crippen molar-refractivity contribution in [1.29, 1.82) is 0 Å². The van der Waals surface area contributed by atoms with Crippen molar-refractivity contribution in [3.05, 3.63) is 11.9 Å². The summed E-state index contributed by atoms with van der Waals surface area (Å²) in [5.41, 5.74) is 0.168. The first-order chi connectivity index (χ1) is 5.38. The first-order valence-corrected chi connectivity index (χ1v) is 4.28. The molecule has 0 aliphatic rings. The molecule has 0 fully saturated rings. The number of aliphatic hydroxyl groups is 1. The molecule has 12 heavy (non-hydrogen) atoms. The Morgan fingerprint density at radius 1 is 1.67 bits per heavy atom. The van der Waals surface area contributed by atoms with Crippen molar-refractivity contribution in [2.24, 2.45) is 0 Å². The fraction of sp³-hybridized carbons (Fsp3) is 0.625. The number of aromatic nitrogens is 2. The predicted octanol–water partition coefficient (Wildman–Crippen LogP) is 1.25. The Balaban J connectivity index is 2.77. The summed E-state index contributed by atoms with van der Waals surface area (Å²) >= 11 is 4.20. The molecule has 1 aromatic heterocycles. The van der Waals surface area contributed by atoms with E-state index in [9.17, 15) is 5.11 Å². The zero-order valence-corrected chi connectivity index (χ0v) is 8.47. The Morgan fingerprint density at radius 3 is 2.58 bits per heavy atom. The van der Waals surface area contributed by atoms with Crippen LogP contribution in [0.4, 0.5) is 0 Å². The molecule has 1 N–H and O–H groups in total. The maximum Gasteiger partial charge on any atom is 0.0786 e. The summed E-state index contributed by atoms with van der Waals surface area (Å²) in [7, 11) is 0. The van der Waals surface area contributed by atoms with Gasteiger partial charge in [0.2, 0.25) is 0 Å². The van der Waals surface area contributed by atoms with Gasteiger partial charge >= 0.3 is 0 Å². The van der Waals surface area contributed by atoms with Crippen molar-refractivity contribution in [2.45, 2.75) is 37.8 Å². The lowest BCUT2D eigenvalue weighted by Crippen LogP contribution is -2.26. The second-order valence-corrected chi connectivity index (χ2v) is 4.09. The third-order valence-electron chi connectivity index (χ3n) is 1.47. The summed E-state index contributed by atoms with van der Waals surface area (Å²) < 4.78 is 1.71. The fourth-order valence-electron chi connectivity index (χ4n) is 0.985. The van der Waals surface area contributed by atoms with Gasteiger partial charge in [-0.05, 0) is 20.8 Å².